The van der Waals surface area contributed by atoms with Crippen molar-refractivity contribution in [2.45, 2.75) is 37.0 Å². The molecule has 2 aromatic rings. The zero-order valence-corrected chi connectivity index (χ0v) is 13.8. The molecule has 2 rings (SSSR count). The number of nitrogens with one attached hydrogen (secondary N) is 2. The molecule has 0 bridgehead atoms. The summed E-state index contributed by atoms with van der Waals surface area (Å²) in [4.78, 5) is 12.7. The molecule has 1 aromatic carbocycles. The quantitative estimate of drug-likeness (QED) is 0.813. The SMILES string of the molecule is CC(C)Sc1ccc(C(C)Nc2cn[nH]c(=O)c2Cl)cc1. The van der Waals surface area contributed by atoms with Gasteiger partial charge in [0.15, 0.2) is 0 Å². The standard InChI is InChI=1S/C15H18ClN3OS/c1-9(2)21-12-6-4-11(5-7-12)10(3)18-13-8-17-19-15(20)14(13)16/h4-10H,1-3H3,(H2,18,19,20). The second-order valence-electron chi connectivity index (χ2n) is 5.03. The first-order valence-corrected chi connectivity index (χ1v) is 7.99. The molecule has 0 aliphatic rings. The zero-order chi connectivity index (χ0) is 15.4. The van der Waals surface area contributed by atoms with Crippen LogP contribution < -0.4 is 10.9 Å². The highest BCUT2D eigenvalue weighted by Gasteiger charge is 2.10. The smallest absolute Gasteiger partial charge is 0.285 e. The van der Waals surface area contributed by atoms with E-state index >= 15 is 0 Å². The van der Waals surface area contributed by atoms with Crippen LogP contribution in [0.3, 0.4) is 0 Å². The Kier molecular flexibility index (Phi) is 5.31. The third-order valence-electron chi connectivity index (χ3n) is 2.92. The molecule has 0 spiro atoms. The third kappa shape index (κ3) is 4.25. The summed E-state index contributed by atoms with van der Waals surface area (Å²) >= 11 is 7.79. The second kappa shape index (κ2) is 7.00. The minimum absolute atomic E-state index is 0.0317. The average molecular weight is 324 g/mol. The number of benzene rings is 1. The number of aromatic nitrogens is 2. The van der Waals surface area contributed by atoms with E-state index in [0.717, 1.165) is 5.56 Å². The molecule has 112 valence electrons. The predicted octanol–water partition coefficient (Wildman–Crippen LogP) is 4.10. The van der Waals surface area contributed by atoms with Gasteiger partial charge in [-0.05, 0) is 24.6 Å². The van der Waals surface area contributed by atoms with Gasteiger partial charge in [0.1, 0.15) is 5.02 Å². The predicted molar refractivity (Wildman–Crippen MR) is 89.3 cm³/mol. The molecule has 0 fully saturated rings. The fourth-order valence-electron chi connectivity index (χ4n) is 1.91. The van der Waals surface area contributed by atoms with E-state index in [-0.39, 0.29) is 11.1 Å². The van der Waals surface area contributed by atoms with Crippen LogP contribution in [0.25, 0.3) is 0 Å². The molecule has 1 aromatic heterocycles. The van der Waals surface area contributed by atoms with E-state index in [1.807, 2.05) is 18.7 Å². The summed E-state index contributed by atoms with van der Waals surface area (Å²) < 4.78 is 0. The lowest BCUT2D eigenvalue weighted by molar-refractivity contribution is 0.873. The van der Waals surface area contributed by atoms with E-state index in [4.69, 9.17) is 11.6 Å². The average Bonchev–Trinajstić information content (AvgIpc) is 2.44. The van der Waals surface area contributed by atoms with Crippen molar-refractivity contribution in [3.05, 3.63) is 51.4 Å². The number of aromatic amines is 1. The zero-order valence-electron chi connectivity index (χ0n) is 12.2. The first kappa shape index (κ1) is 15.9. The van der Waals surface area contributed by atoms with Gasteiger partial charge in [0.2, 0.25) is 0 Å². The lowest BCUT2D eigenvalue weighted by Crippen LogP contribution is -2.14. The summed E-state index contributed by atoms with van der Waals surface area (Å²) in [5, 5.41) is 9.95. The van der Waals surface area contributed by atoms with Gasteiger partial charge in [0.25, 0.3) is 5.56 Å². The van der Waals surface area contributed by atoms with Crippen LogP contribution in [-0.4, -0.2) is 15.4 Å². The Morgan fingerprint density at radius 1 is 1.24 bits per heavy atom. The van der Waals surface area contributed by atoms with Crippen LogP contribution >= 0.6 is 23.4 Å². The van der Waals surface area contributed by atoms with Gasteiger partial charge < -0.3 is 5.32 Å². The Morgan fingerprint density at radius 2 is 1.90 bits per heavy atom. The lowest BCUT2D eigenvalue weighted by Gasteiger charge is -2.16. The maximum Gasteiger partial charge on any atom is 0.285 e. The largest absolute Gasteiger partial charge is 0.376 e. The van der Waals surface area contributed by atoms with E-state index < -0.39 is 5.56 Å². The molecule has 0 saturated carbocycles. The van der Waals surface area contributed by atoms with Gasteiger partial charge in [-0.3, -0.25) is 4.79 Å². The number of H-pyrrole nitrogens is 1. The molecule has 0 aliphatic carbocycles. The molecular weight excluding hydrogens is 306 g/mol. The van der Waals surface area contributed by atoms with E-state index in [2.05, 4.69) is 53.6 Å². The first-order valence-electron chi connectivity index (χ1n) is 6.73. The van der Waals surface area contributed by atoms with Gasteiger partial charge >= 0.3 is 0 Å². The summed E-state index contributed by atoms with van der Waals surface area (Å²) in [5.74, 6) is 0. The molecule has 4 nitrogen and oxygen atoms in total. The lowest BCUT2D eigenvalue weighted by atomic mass is 10.1. The summed E-state index contributed by atoms with van der Waals surface area (Å²) in [6, 6.07) is 8.41. The molecule has 1 atom stereocenters. The fourth-order valence-corrected chi connectivity index (χ4v) is 2.89. The second-order valence-corrected chi connectivity index (χ2v) is 7.06. The van der Waals surface area contributed by atoms with Crippen LogP contribution in [0.5, 0.6) is 0 Å². The molecule has 1 unspecified atom stereocenters. The van der Waals surface area contributed by atoms with Crippen molar-refractivity contribution in [3.63, 3.8) is 0 Å². The van der Waals surface area contributed by atoms with Crippen LogP contribution in [0.15, 0.2) is 40.2 Å². The Bertz CT molecular complexity index is 655. The van der Waals surface area contributed by atoms with Crippen LogP contribution in [0, 0.1) is 0 Å². The van der Waals surface area contributed by atoms with Crippen LogP contribution in [0.1, 0.15) is 32.4 Å². The molecule has 21 heavy (non-hydrogen) atoms. The molecule has 2 N–H and O–H groups in total. The van der Waals surface area contributed by atoms with Crippen molar-refractivity contribution in [1.82, 2.24) is 10.2 Å². The highest BCUT2D eigenvalue weighted by atomic mass is 35.5. The van der Waals surface area contributed by atoms with Crippen LogP contribution in [-0.2, 0) is 0 Å². The Hall–Kier alpha value is -1.46. The van der Waals surface area contributed by atoms with Crippen molar-refractivity contribution in [3.8, 4) is 0 Å². The summed E-state index contributed by atoms with van der Waals surface area (Å²) in [5.41, 5.74) is 1.27. The molecule has 0 saturated heterocycles. The van der Waals surface area contributed by atoms with Gasteiger partial charge in [-0.2, -0.15) is 5.10 Å². The Labute approximate surface area is 133 Å². The van der Waals surface area contributed by atoms with Crippen molar-refractivity contribution >= 4 is 29.1 Å². The van der Waals surface area contributed by atoms with Crippen LogP contribution in [0.2, 0.25) is 5.02 Å². The van der Waals surface area contributed by atoms with Crippen molar-refractivity contribution in [2.24, 2.45) is 0 Å². The summed E-state index contributed by atoms with van der Waals surface area (Å²) in [6.07, 6.45) is 1.52. The van der Waals surface area contributed by atoms with E-state index in [1.54, 1.807) is 0 Å². The number of halogens is 1. The summed E-state index contributed by atoms with van der Waals surface area (Å²) in [7, 11) is 0. The number of hydrogen-bond donors (Lipinski definition) is 2. The van der Waals surface area contributed by atoms with Gasteiger partial charge in [0, 0.05) is 16.2 Å². The van der Waals surface area contributed by atoms with Crippen molar-refractivity contribution < 1.29 is 0 Å². The molecule has 0 radical (unpaired) electrons. The molecule has 0 aliphatic heterocycles. The molecule has 1 heterocycles. The van der Waals surface area contributed by atoms with E-state index in [1.165, 1.54) is 11.1 Å². The highest BCUT2D eigenvalue weighted by Crippen LogP contribution is 2.26. The summed E-state index contributed by atoms with van der Waals surface area (Å²) in [6.45, 7) is 6.36. The number of thioether (sulfide) groups is 1. The molecule has 0 amide bonds. The number of anilines is 1. The minimum Gasteiger partial charge on any atom is -0.376 e. The number of rotatable bonds is 5. The fraction of sp³-hybridized carbons (Fsp3) is 0.333. The molecular formula is C15H18ClN3OS. The third-order valence-corrected chi connectivity index (χ3v) is 4.31. The Morgan fingerprint density at radius 3 is 2.52 bits per heavy atom. The first-order chi connectivity index (χ1) is 9.97. The number of nitrogens with zero attached hydrogens (tertiary/aromatic N) is 1. The Balaban J connectivity index is 2.11. The normalized spacial score (nSPS) is 12.4. The minimum atomic E-state index is -0.391. The maximum absolute atomic E-state index is 11.4. The number of hydrogen-bond acceptors (Lipinski definition) is 4. The maximum atomic E-state index is 11.4. The van der Waals surface area contributed by atoms with Crippen molar-refractivity contribution in [1.29, 1.82) is 0 Å². The monoisotopic (exact) mass is 323 g/mol. The molecule has 6 heteroatoms. The van der Waals surface area contributed by atoms with E-state index in [0.29, 0.717) is 10.9 Å². The van der Waals surface area contributed by atoms with E-state index in [9.17, 15) is 4.79 Å². The van der Waals surface area contributed by atoms with Gasteiger partial charge in [-0.25, -0.2) is 5.10 Å². The van der Waals surface area contributed by atoms with Gasteiger partial charge in [-0.1, -0.05) is 37.6 Å². The van der Waals surface area contributed by atoms with Gasteiger partial charge in [0.05, 0.1) is 11.9 Å². The highest BCUT2D eigenvalue weighted by molar-refractivity contribution is 7.99. The topological polar surface area (TPSA) is 57.8 Å². The van der Waals surface area contributed by atoms with Gasteiger partial charge in [-0.15, -0.1) is 11.8 Å². The van der Waals surface area contributed by atoms with Crippen molar-refractivity contribution in [2.75, 3.05) is 5.32 Å². The van der Waals surface area contributed by atoms with Crippen LogP contribution in [0.4, 0.5) is 5.69 Å².